The molecule has 0 saturated heterocycles. The maximum Gasteiger partial charge on any atom is 0.279 e. The summed E-state index contributed by atoms with van der Waals surface area (Å²) in [6.45, 7) is 3.34. The third-order valence-corrected chi connectivity index (χ3v) is 7.09. The Hall–Kier alpha value is -1.71. The number of ether oxygens (including phenoxy) is 1. The first-order chi connectivity index (χ1) is 13.7. The van der Waals surface area contributed by atoms with E-state index in [1.165, 1.54) is 35.6 Å². The van der Waals surface area contributed by atoms with Gasteiger partial charge in [-0.3, -0.25) is 4.79 Å². The maximum atomic E-state index is 12.7. The van der Waals surface area contributed by atoms with Gasteiger partial charge in [-0.05, 0) is 43.3 Å². The number of fused-ring (bicyclic) bond motifs is 1. The molecule has 0 radical (unpaired) electrons. The summed E-state index contributed by atoms with van der Waals surface area (Å²) in [7, 11) is -3.34. The van der Waals surface area contributed by atoms with E-state index in [2.05, 4.69) is 4.99 Å². The molecule has 3 rings (SSSR count). The number of thiazole rings is 1. The lowest BCUT2D eigenvalue weighted by molar-refractivity contribution is 0.0996. The fraction of sp³-hybridized carbons (Fsp3) is 0.263. The first kappa shape index (κ1) is 22.0. The van der Waals surface area contributed by atoms with E-state index in [9.17, 15) is 13.2 Å². The zero-order valence-corrected chi connectivity index (χ0v) is 18.8. The quantitative estimate of drug-likeness (QED) is 0.503. The highest BCUT2D eigenvalue weighted by molar-refractivity contribution is 7.90. The zero-order valence-electron chi connectivity index (χ0n) is 15.7. The fourth-order valence-electron chi connectivity index (χ4n) is 2.70. The molecular formula is C19H18Cl2N2O4S2. The average Bonchev–Trinajstić information content (AvgIpc) is 3.04. The van der Waals surface area contributed by atoms with Gasteiger partial charge in [0.25, 0.3) is 5.91 Å². The van der Waals surface area contributed by atoms with Crippen molar-refractivity contribution in [3.8, 4) is 0 Å². The highest BCUT2D eigenvalue weighted by Crippen LogP contribution is 2.31. The van der Waals surface area contributed by atoms with Gasteiger partial charge in [0, 0.05) is 25.0 Å². The van der Waals surface area contributed by atoms with Crippen LogP contribution in [0.4, 0.5) is 0 Å². The van der Waals surface area contributed by atoms with Gasteiger partial charge in [-0.25, -0.2) is 8.42 Å². The summed E-state index contributed by atoms with van der Waals surface area (Å²) in [5.41, 5.74) is 0.978. The summed E-state index contributed by atoms with van der Waals surface area (Å²) in [6, 6.07) is 9.07. The molecule has 0 fully saturated rings. The van der Waals surface area contributed by atoms with Gasteiger partial charge in [0.2, 0.25) is 0 Å². The molecule has 1 amide bonds. The van der Waals surface area contributed by atoms with Gasteiger partial charge in [0.15, 0.2) is 14.6 Å². The third kappa shape index (κ3) is 4.90. The summed E-state index contributed by atoms with van der Waals surface area (Å²) >= 11 is 14.0. The van der Waals surface area contributed by atoms with Crippen molar-refractivity contribution in [1.82, 2.24) is 4.57 Å². The zero-order chi connectivity index (χ0) is 21.2. The van der Waals surface area contributed by atoms with E-state index in [1.807, 2.05) is 11.5 Å². The maximum absolute atomic E-state index is 12.7. The minimum atomic E-state index is -3.34. The first-order valence-electron chi connectivity index (χ1n) is 8.66. The standard InChI is InChI=1S/C19H18Cl2N2O4S2/c1-3-27-11-10-23-16-14(20)8-9-15(21)17(16)28-19(23)22-18(24)12-4-6-13(7-5-12)29(2,25)26/h4-9H,3,10-11H2,1-2H3. The Kier molecular flexibility index (Phi) is 6.80. The molecule has 1 heterocycles. The fourth-order valence-corrected chi connectivity index (χ4v) is 5.00. The van der Waals surface area contributed by atoms with E-state index >= 15 is 0 Å². The van der Waals surface area contributed by atoms with E-state index in [0.29, 0.717) is 40.1 Å². The molecular weight excluding hydrogens is 455 g/mol. The molecule has 0 spiro atoms. The SMILES string of the molecule is CCOCCn1c(=NC(=O)c2ccc(S(C)(=O)=O)cc2)sc2c(Cl)ccc(Cl)c21. The molecule has 0 unspecified atom stereocenters. The van der Waals surface area contributed by atoms with E-state index in [4.69, 9.17) is 27.9 Å². The van der Waals surface area contributed by atoms with Crippen molar-refractivity contribution < 1.29 is 17.9 Å². The number of sulfone groups is 1. The topological polar surface area (TPSA) is 77.7 Å². The number of halogens is 2. The number of amides is 1. The lowest BCUT2D eigenvalue weighted by Gasteiger charge is -2.07. The molecule has 0 saturated carbocycles. The smallest absolute Gasteiger partial charge is 0.279 e. The predicted molar refractivity (Wildman–Crippen MR) is 116 cm³/mol. The van der Waals surface area contributed by atoms with Crippen molar-refractivity contribution >= 4 is 60.5 Å². The Bertz CT molecular complexity index is 1230. The number of carbonyl (C=O) groups is 1. The summed E-state index contributed by atoms with van der Waals surface area (Å²) in [5.74, 6) is -0.492. The molecule has 0 aliphatic heterocycles. The van der Waals surface area contributed by atoms with Gasteiger partial charge in [0.05, 0.1) is 31.8 Å². The number of nitrogens with zero attached hydrogens (tertiary/aromatic N) is 2. The highest BCUT2D eigenvalue weighted by Gasteiger charge is 2.15. The molecule has 0 N–H and O–H groups in total. The van der Waals surface area contributed by atoms with Crippen molar-refractivity contribution in [3.05, 3.63) is 56.8 Å². The molecule has 3 aromatic rings. The third-order valence-electron chi connectivity index (χ3n) is 4.12. The number of hydrogen-bond donors (Lipinski definition) is 0. The van der Waals surface area contributed by atoms with Crippen molar-refractivity contribution in [3.63, 3.8) is 0 Å². The minimum absolute atomic E-state index is 0.140. The monoisotopic (exact) mass is 472 g/mol. The van der Waals surface area contributed by atoms with Gasteiger partial charge < -0.3 is 9.30 Å². The molecule has 0 aliphatic carbocycles. The Labute approximate surface area is 182 Å². The van der Waals surface area contributed by atoms with Crippen LogP contribution in [0.2, 0.25) is 10.0 Å². The Balaban J connectivity index is 2.08. The van der Waals surface area contributed by atoms with Crippen LogP contribution in [0.15, 0.2) is 46.3 Å². The number of hydrogen-bond acceptors (Lipinski definition) is 5. The second kappa shape index (κ2) is 8.97. The predicted octanol–water partition coefficient (Wildman–Crippen LogP) is 4.19. The average molecular weight is 473 g/mol. The first-order valence-corrected chi connectivity index (χ1v) is 12.1. The van der Waals surface area contributed by atoms with Crippen LogP contribution in [0.3, 0.4) is 0 Å². The van der Waals surface area contributed by atoms with E-state index in [-0.39, 0.29) is 10.5 Å². The van der Waals surface area contributed by atoms with Crippen LogP contribution < -0.4 is 4.80 Å². The largest absolute Gasteiger partial charge is 0.380 e. The van der Waals surface area contributed by atoms with Gasteiger partial charge in [-0.15, -0.1) is 0 Å². The highest BCUT2D eigenvalue weighted by atomic mass is 35.5. The Morgan fingerprint density at radius 3 is 2.41 bits per heavy atom. The molecule has 1 aromatic heterocycles. The molecule has 2 aromatic carbocycles. The van der Waals surface area contributed by atoms with Gasteiger partial charge in [-0.1, -0.05) is 34.5 Å². The van der Waals surface area contributed by atoms with Crippen molar-refractivity contribution in [2.24, 2.45) is 4.99 Å². The van der Waals surface area contributed by atoms with Crippen molar-refractivity contribution in [1.29, 1.82) is 0 Å². The number of rotatable bonds is 6. The molecule has 0 bridgehead atoms. The van der Waals surface area contributed by atoms with Crippen LogP contribution in [-0.4, -0.2) is 38.4 Å². The van der Waals surface area contributed by atoms with Gasteiger partial charge in [0.1, 0.15) is 0 Å². The van der Waals surface area contributed by atoms with Crippen LogP contribution in [0.1, 0.15) is 17.3 Å². The summed E-state index contributed by atoms with van der Waals surface area (Å²) < 4.78 is 31.2. The molecule has 10 heteroatoms. The van der Waals surface area contributed by atoms with Crippen LogP contribution in [-0.2, 0) is 21.1 Å². The molecule has 0 aliphatic rings. The number of carbonyl (C=O) groups excluding carboxylic acids is 1. The van der Waals surface area contributed by atoms with Gasteiger partial charge in [-0.2, -0.15) is 4.99 Å². The minimum Gasteiger partial charge on any atom is -0.380 e. The summed E-state index contributed by atoms with van der Waals surface area (Å²) in [5, 5.41) is 1.02. The summed E-state index contributed by atoms with van der Waals surface area (Å²) in [4.78, 5) is 17.5. The number of aromatic nitrogens is 1. The van der Waals surface area contributed by atoms with E-state index in [1.54, 1.807) is 12.1 Å². The lowest BCUT2D eigenvalue weighted by Crippen LogP contribution is -2.20. The number of benzene rings is 2. The van der Waals surface area contributed by atoms with Crippen LogP contribution in [0.25, 0.3) is 10.2 Å². The second-order valence-electron chi connectivity index (χ2n) is 6.15. The molecule has 0 atom stereocenters. The normalized spacial score (nSPS) is 12.6. The molecule has 154 valence electrons. The summed E-state index contributed by atoms with van der Waals surface area (Å²) in [6.07, 6.45) is 1.11. The van der Waals surface area contributed by atoms with Crippen LogP contribution >= 0.6 is 34.5 Å². The second-order valence-corrected chi connectivity index (χ2v) is 9.96. The van der Waals surface area contributed by atoms with Crippen molar-refractivity contribution in [2.75, 3.05) is 19.5 Å². The van der Waals surface area contributed by atoms with E-state index < -0.39 is 15.7 Å². The van der Waals surface area contributed by atoms with Crippen molar-refractivity contribution in [2.45, 2.75) is 18.4 Å². The Morgan fingerprint density at radius 1 is 1.14 bits per heavy atom. The van der Waals surface area contributed by atoms with Crippen LogP contribution in [0, 0.1) is 0 Å². The Morgan fingerprint density at radius 2 is 1.79 bits per heavy atom. The molecule has 6 nitrogen and oxygen atoms in total. The van der Waals surface area contributed by atoms with Crippen LogP contribution in [0.5, 0.6) is 0 Å². The molecule has 29 heavy (non-hydrogen) atoms. The van der Waals surface area contributed by atoms with Gasteiger partial charge >= 0.3 is 0 Å². The lowest BCUT2D eigenvalue weighted by atomic mass is 10.2. The van der Waals surface area contributed by atoms with E-state index in [0.717, 1.165) is 11.0 Å².